The molecule has 3 aromatic carbocycles. The van der Waals surface area contributed by atoms with Gasteiger partial charge in [-0.2, -0.15) is 0 Å². The van der Waals surface area contributed by atoms with Crippen LogP contribution < -0.4 is 19.5 Å². The highest BCUT2D eigenvalue weighted by atomic mass is 16.5. The van der Waals surface area contributed by atoms with Gasteiger partial charge in [-0.1, -0.05) is 37.3 Å². The number of aryl methyl sites for hydroxylation is 1. The van der Waals surface area contributed by atoms with Gasteiger partial charge in [-0.15, -0.1) is 0 Å². The van der Waals surface area contributed by atoms with Crippen molar-refractivity contribution in [3.63, 3.8) is 0 Å². The summed E-state index contributed by atoms with van der Waals surface area (Å²) >= 11 is 0. The first-order chi connectivity index (χ1) is 14.2. The molecule has 29 heavy (non-hydrogen) atoms. The summed E-state index contributed by atoms with van der Waals surface area (Å²) in [5, 5.41) is 3.40. The second-order valence-corrected chi connectivity index (χ2v) is 6.84. The number of hydrogen-bond donors (Lipinski definition) is 1. The van der Waals surface area contributed by atoms with Crippen LogP contribution >= 0.6 is 0 Å². The molecule has 4 heteroatoms. The van der Waals surface area contributed by atoms with Gasteiger partial charge in [-0.25, -0.2) is 0 Å². The lowest BCUT2D eigenvalue weighted by atomic mass is 10.2. The van der Waals surface area contributed by atoms with Crippen molar-refractivity contribution in [1.29, 1.82) is 0 Å². The molecule has 0 amide bonds. The van der Waals surface area contributed by atoms with E-state index in [1.165, 1.54) is 5.56 Å². The van der Waals surface area contributed by atoms with Crippen molar-refractivity contribution in [1.82, 2.24) is 0 Å². The number of hydrogen-bond acceptors (Lipinski definition) is 4. The van der Waals surface area contributed by atoms with Gasteiger partial charge < -0.3 is 19.5 Å². The Labute approximate surface area is 173 Å². The van der Waals surface area contributed by atoms with Crippen LogP contribution in [0.1, 0.15) is 19.4 Å². The van der Waals surface area contributed by atoms with Gasteiger partial charge in [0.1, 0.15) is 36.6 Å². The Kier molecular flexibility index (Phi) is 7.81. The average molecular weight is 392 g/mol. The van der Waals surface area contributed by atoms with Gasteiger partial charge in [-0.05, 0) is 67.4 Å². The van der Waals surface area contributed by atoms with Gasteiger partial charge in [0, 0.05) is 5.69 Å². The summed E-state index contributed by atoms with van der Waals surface area (Å²) in [6, 6.07) is 26.0. The third-order valence-corrected chi connectivity index (χ3v) is 4.48. The fourth-order valence-electron chi connectivity index (χ4n) is 2.84. The van der Waals surface area contributed by atoms with Crippen molar-refractivity contribution >= 4 is 5.69 Å². The molecule has 0 aliphatic carbocycles. The molecule has 0 spiro atoms. The largest absolute Gasteiger partial charge is 0.490 e. The van der Waals surface area contributed by atoms with Gasteiger partial charge >= 0.3 is 0 Å². The van der Waals surface area contributed by atoms with Crippen LogP contribution in [0.5, 0.6) is 17.2 Å². The van der Waals surface area contributed by atoms with E-state index in [0.29, 0.717) is 13.2 Å². The minimum atomic E-state index is 0.0635. The highest BCUT2D eigenvalue weighted by Crippen LogP contribution is 2.17. The summed E-state index contributed by atoms with van der Waals surface area (Å²) in [5.41, 5.74) is 2.35. The summed E-state index contributed by atoms with van der Waals surface area (Å²) in [4.78, 5) is 0. The van der Waals surface area contributed by atoms with Crippen molar-refractivity contribution in [3.05, 3.63) is 84.4 Å². The Bertz CT molecular complexity index is 832. The third-order valence-electron chi connectivity index (χ3n) is 4.48. The lowest BCUT2D eigenvalue weighted by Gasteiger charge is -2.16. The normalized spacial score (nSPS) is 11.5. The zero-order valence-corrected chi connectivity index (χ0v) is 17.1. The first-order valence-electron chi connectivity index (χ1n) is 10.1. The molecule has 3 aromatic rings. The predicted molar refractivity (Wildman–Crippen MR) is 118 cm³/mol. The molecule has 0 radical (unpaired) electrons. The molecule has 1 atom stereocenters. The average Bonchev–Trinajstić information content (AvgIpc) is 2.77. The predicted octanol–water partition coefficient (Wildman–Crippen LogP) is 5.59. The van der Waals surface area contributed by atoms with E-state index in [4.69, 9.17) is 14.2 Å². The van der Waals surface area contributed by atoms with Crippen LogP contribution in [-0.4, -0.2) is 25.9 Å². The van der Waals surface area contributed by atoms with Crippen LogP contribution in [0.4, 0.5) is 5.69 Å². The van der Waals surface area contributed by atoms with Gasteiger partial charge in [0.2, 0.25) is 0 Å². The van der Waals surface area contributed by atoms with Crippen LogP contribution in [0.15, 0.2) is 78.9 Å². The summed E-state index contributed by atoms with van der Waals surface area (Å²) in [7, 11) is 0. The summed E-state index contributed by atoms with van der Waals surface area (Å²) < 4.78 is 17.3. The van der Waals surface area contributed by atoms with Crippen LogP contribution in [0.2, 0.25) is 0 Å². The number of para-hydroxylation sites is 1. The van der Waals surface area contributed by atoms with Gasteiger partial charge in [0.15, 0.2) is 0 Å². The van der Waals surface area contributed by atoms with E-state index < -0.39 is 0 Å². The smallest absolute Gasteiger partial charge is 0.122 e. The molecule has 0 saturated carbocycles. The molecular formula is C25H29NO3. The highest BCUT2D eigenvalue weighted by Gasteiger charge is 2.04. The summed E-state index contributed by atoms with van der Waals surface area (Å²) in [6.45, 7) is 5.95. The minimum Gasteiger partial charge on any atom is -0.490 e. The van der Waals surface area contributed by atoms with Gasteiger partial charge in [-0.3, -0.25) is 0 Å². The molecule has 0 aliphatic heterocycles. The molecule has 0 aromatic heterocycles. The lowest BCUT2D eigenvalue weighted by Crippen LogP contribution is -2.22. The van der Waals surface area contributed by atoms with Crippen LogP contribution in [-0.2, 0) is 6.42 Å². The highest BCUT2D eigenvalue weighted by molar-refractivity contribution is 5.46. The first kappa shape index (κ1) is 20.6. The molecule has 0 saturated heterocycles. The van der Waals surface area contributed by atoms with Crippen molar-refractivity contribution in [3.8, 4) is 17.2 Å². The SMILES string of the molecule is CCc1ccc(OC(C)CNc2ccc(OCCOc3ccccc3)cc2)cc1. The van der Waals surface area contributed by atoms with Crippen LogP contribution in [0.3, 0.4) is 0 Å². The van der Waals surface area contributed by atoms with E-state index in [1.54, 1.807) is 0 Å². The van der Waals surface area contributed by atoms with Crippen LogP contribution in [0.25, 0.3) is 0 Å². The minimum absolute atomic E-state index is 0.0635. The Balaban J connectivity index is 1.36. The maximum atomic E-state index is 5.96. The fourth-order valence-corrected chi connectivity index (χ4v) is 2.84. The monoisotopic (exact) mass is 391 g/mol. The van der Waals surface area contributed by atoms with Crippen molar-refractivity contribution in [2.24, 2.45) is 0 Å². The van der Waals surface area contributed by atoms with Gasteiger partial charge in [0.05, 0.1) is 6.54 Å². The third kappa shape index (κ3) is 7.07. The van der Waals surface area contributed by atoms with E-state index in [0.717, 1.165) is 35.9 Å². The number of nitrogens with one attached hydrogen (secondary N) is 1. The van der Waals surface area contributed by atoms with Gasteiger partial charge in [0.25, 0.3) is 0 Å². The van der Waals surface area contributed by atoms with E-state index in [9.17, 15) is 0 Å². The van der Waals surface area contributed by atoms with E-state index >= 15 is 0 Å². The molecule has 0 fully saturated rings. The molecule has 0 heterocycles. The number of anilines is 1. The van der Waals surface area contributed by atoms with Crippen molar-refractivity contribution in [2.45, 2.75) is 26.4 Å². The summed E-state index contributed by atoms with van der Waals surface area (Å²) in [6.07, 6.45) is 1.10. The standard InChI is InChI=1S/C25H29NO3/c1-3-21-9-13-25(14-10-21)29-20(2)19-26-22-11-15-24(16-12-22)28-18-17-27-23-7-5-4-6-8-23/h4-16,20,26H,3,17-19H2,1-2H3. The van der Waals surface area contributed by atoms with Crippen LogP contribution in [0, 0.1) is 0 Å². The molecular weight excluding hydrogens is 362 g/mol. The molecule has 0 aliphatic rings. The van der Waals surface area contributed by atoms with Crippen molar-refractivity contribution < 1.29 is 14.2 Å². The van der Waals surface area contributed by atoms with E-state index in [2.05, 4.69) is 31.3 Å². The summed E-state index contributed by atoms with van der Waals surface area (Å²) in [5.74, 6) is 2.58. The molecule has 1 N–H and O–H groups in total. The van der Waals surface area contributed by atoms with E-state index in [-0.39, 0.29) is 6.10 Å². The lowest BCUT2D eigenvalue weighted by molar-refractivity contribution is 0.217. The molecule has 0 bridgehead atoms. The fraction of sp³-hybridized carbons (Fsp3) is 0.280. The number of benzene rings is 3. The Morgan fingerprint density at radius 1 is 0.724 bits per heavy atom. The molecule has 3 rings (SSSR count). The Morgan fingerprint density at radius 2 is 1.31 bits per heavy atom. The van der Waals surface area contributed by atoms with Crippen molar-refractivity contribution in [2.75, 3.05) is 25.1 Å². The zero-order chi connectivity index (χ0) is 20.3. The zero-order valence-electron chi connectivity index (χ0n) is 17.1. The van der Waals surface area contributed by atoms with E-state index in [1.807, 2.05) is 66.7 Å². The second-order valence-electron chi connectivity index (χ2n) is 6.84. The first-order valence-corrected chi connectivity index (χ1v) is 10.1. The number of rotatable bonds is 11. The molecule has 4 nitrogen and oxygen atoms in total. The number of ether oxygens (including phenoxy) is 3. The quantitative estimate of drug-likeness (QED) is 0.433. The maximum absolute atomic E-state index is 5.96. The molecule has 152 valence electrons. The second kappa shape index (κ2) is 11.0. The Morgan fingerprint density at radius 3 is 1.93 bits per heavy atom. The Hall–Kier alpha value is -3.14. The topological polar surface area (TPSA) is 39.7 Å². The molecule has 1 unspecified atom stereocenters. The maximum Gasteiger partial charge on any atom is 0.122 e.